The number of fused-ring (bicyclic) bond motifs is 1. The third-order valence-corrected chi connectivity index (χ3v) is 2.39. The van der Waals surface area contributed by atoms with E-state index in [4.69, 9.17) is 9.78 Å². The second-order valence-corrected chi connectivity index (χ2v) is 3.34. The van der Waals surface area contributed by atoms with Gasteiger partial charge in [0.05, 0.1) is 12.1 Å². The molecule has 1 aliphatic heterocycles. The van der Waals surface area contributed by atoms with Gasteiger partial charge in [0.2, 0.25) is 0 Å². The summed E-state index contributed by atoms with van der Waals surface area (Å²) in [5, 5.41) is 1.13. The maximum absolute atomic E-state index is 5.10. The van der Waals surface area contributed by atoms with E-state index in [0.29, 0.717) is 6.61 Å². The van der Waals surface area contributed by atoms with Gasteiger partial charge in [-0.2, -0.15) is 0 Å². The Morgan fingerprint density at radius 3 is 3.21 bits per heavy atom. The Morgan fingerprint density at radius 1 is 1.43 bits per heavy atom. The topological polar surface area (TPSA) is 36.3 Å². The highest BCUT2D eigenvalue weighted by Crippen LogP contribution is 2.23. The molecule has 0 aromatic carbocycles. The summed E-state index contributed by atoms with van der Waals surface area (Å²) in [5.74, 6) is 0. The summed E-state index contributed by atoms with van der Waals surface area (Å²) in [5.41, 5.74) is 0.989. The van der Waals surface area contributed by atoms with Gasteiger partial charge in [0.1, 0.15) is 0 Å². The van der Waals surface area contributed by atoms with Crippen molar-refractivity contribution in [3.05, 3.63) is 30.7 Å². The van der Waals surface area contributed by atoms with E-state index in [1.807, 2.05) is 29.1 Å². The molecule has 0 bridgehead atoms. The minimum atomic E-state index is 0.00389. The molecule has 3 rings (SSSR count). The van der Waals surface area contributed by atoms with Crippen LogP contribution in [0.2, 0.25) is 0 Å². The predicted molar refractivity (Wildman–Crippen MR) is 50.4 cm³/mol. The summed E-state index contributed by atoms with van der Waals surface area (Å²) in [6.07, 6.45) is 6.69. The van der Waals surface area contributed by atoms with Crippen LogP contribution in [0.1, 0.15) is 12.6 Å². The molecule has 1 fully saturated rings. The number of pyridine rings is 1. The molecule has 1 unspecified atom stereocenters. The monoisotopic (exact) mass is 190 g/mol. The van der Waals surface area contributed by atoms with Gasteiger partial charge in [-0.15, -0.1) is 0 Å². The molecule has 3 heterocycles. The normalized spacial score (nSPS) is 21.9. The fraction of sp³-hybridized carbons (Fsp3) is 0.300. The minimum Gasteiger partial charge on any atom is -0.323 e. The number of hydrogen-bond acceptors (Lipinski definition) is 3. The Hall–Kier alpha value is -1.39. The van der Waals surface area contributed by atoms with Crippen molar-refractivity contribution in [2.75, 3.05) is 6.61 Å². The predicted octanol–water partition coefficient (Wildman–Crippen LogP) is 1.89. The smallest absolute Gasteiger partial charge is 0.170 e. The first kappa shape index (κ1) is 7.96. The lowest BCUT2D eigenvalue weighted by atomic mass is 10.3. The van der Waals surface area contributed by atoms with E-state index < -0.39 is 0 Å². The molecule has 1 saturated heterocycles. The zero-order valence-electron chi connectivity index (χ0n) is 7.59. The van der Waals surface area contributed by atoms with Crippen LogP contribution >= 0.6 is 0 Å². The zero-order chi connectivity index (χ0) is 9.38. The van der Waals surface area contributed by atoms with Gasteiger partial charge >= 0.3 is 0 Å². The van der Waals surface area contributed by atoms with Gasteiger partial charge in [-0.25, -0.2) is 9.78 Å². The molecular weight excluding hydrogens is 180 g/mol. The highest BCUT2D eigenvalue weighted by molar-refractivity contribution is 5.77. The molecule has 4 nitrogen and oxygen atoms in total. The van der Waals surface area contributed by atoms with Crippen molar-refractivity contribution < 1.29 is 9.78 Å². The SMILES string of the molecule is c1cnc2cn(C3CCOO3)cc2c1. The summed E-state index contributed by atoms with van der Waals surface area (Å²) in [6, 6.07) is 3.97. The molecule has 14 heavy (non-hydrogen) atoms. The van der Waals surface area contributed by atoms with Gasteiger partial charge in [0, 0.05) is 30.4 Å². The van der Waals surface area contributed by atoms with Crippen LogP contribution in [-0.4, -0.2) is 16.2 Å². The van der Waals surface area contributed by atoms with E-state index in [0.717, 1.165) is 17.3 Å². The maximum atomic E-state index is 5.10. The number of rotatable bonds is 1. The molecule has 4 heteroatoms. The van der Waals surface area contributed by atoms with Crippen LogP contribution in [0.15, 0.2) is 30.7 Å². The van der Waals surface area contributed by atoms with Crippen LogP contribution in [0.3, 0.4) is 0 Å². The third kappa shape index (κ3) is 1.20. The number of nitrogens with zero attached hydrogens (tertiary/aromatic N) is 2. The zero-order valence-corrected chi connectivity index (χ0v) is 7.59. The molecular formula is C10H10N2O2. The van der Waals surface area contributed by atoms with Gasteiger partial charge in [0.15, 0.2) is 6.23 Å². The third-order valence-electron chi connectivity index (χ3n) is 2.39. The summed E-state index contributed by atoms with van der Waals surface area (Å²) in [7, 11) is 0. The molecule has 1 atom stereocenters. The largest absolute Gasteiger partial charge is 0.323 e. The highest BCUT2D eigenvalue weighted by Gasteiger charge is 2.18. The highest BCUT2D eigenvalue weighted by atomic mass is 17.2. The van der Waals surface area contributed by atoms with Gasteiger partial charge in [0.25, 0.3) is 0 Å². The van der Waals surface area contributed by atoms with E-state index in [1.54, 1.807) is 6.20 Å². The average Bonchev–Trinajstić information content (AvgIpc) is 2.86. The van der Waals surface area contributed by atoms with Gasteiger partial charge in [-0.05, 0) is 12.1 Å². The lowest BCUT2D eigenvalue weighted by Crippen LogP contribution is -2.03. The van der Waals surface area contributed by atoms with E-state index in [9.17, 15) is 0 Å². The molecule has 0 N–H and O–H groups in total. The second kappa shape index (κ2) is 3.08. The fourth-order valence-electron chi connectivity index (χ4n) is 1.67. The summed E-state index contributed by atoms with van der Waals surface area (Å²) >= 11 is 0. The first-order valence-corrected chi connectivity index (χ1v) is 4.64. The van der Waals surface area contributed by atoms with Gasteiger partial charge in [-0.3, -0.25) is 4.98 Å². The Balaban J connectivity index is 2.05. The van der Waals surface area contributed by atoms with Crippen LogP contribution < -0.4 is 0 Å². The van der Waals surface area contributed by atoms with Crippen LogP contribution in [0.4, 0.5) is 0 Å². The Bertz CT molecular complexity index is 413. The molecule has 2 aromatic rings. The molecule has 72 valence electrons. The van der Waals surface area contributed by atoms with Crippen molar-refractivity contribution >= 4 is 10.9 Å². The van der Waals surface area contributed by atoms with Crippen LogP contribution in [-0.2, 0) is 9.78 Å². The lowest BCUT2D eigenvalue weighted by molar-refractivity contribution is -0.291. The fourth-order valence-corrected chi connectivity index (χ4v) is 1.67. The van der Waals surface area contributed by atoms with E-state index in [-0.39, 0.29) is 6.23 Å². The number of hydrogen-bond donors (Lipinski definition) is 0. The number of aromatic nitrogens is 2. The molecule has 0 radical (unpaired) electrons. The Morgan fingerprint density at radius 2 is 2.43 bits per heavy atom. The Kier molecular flexibility index (Phi) is 1.75. The molecule has 0 spiro atoms. The first-order valence-electron chi connectivity index (χ1n) is 4.64. The maximum Gasteiger partial charge on any atom is 0.170 e. The second-order valence-electron chi connectivity index (χ2n) is 3.34. The summed E-state index contributed by atoms with van der Waals surface area (Å²) in [6.45, 7) is 0.659. The summed E-state index contributed by atoms with van der Waals surface area (Å²) < 4.78 is 2.00. The first-order chi connectivity index (χ1) is 6.93. The standard InChI is InChI=1S/C10H10N2O2/c1-2-8-6-12(7-9(8)11-4-1)10-3-5-13-14-10/h1-2,4,6-7,10H,3,5H2. The molecule has 2 aromatic heterocycles. The van der Waals surface area contributed by atoms with Gasteiger partial charge in [-0.1, -0.05) is 0 Å². The van der Waals surface area contributed by atoms with E-state index in [1.165, 1.54) is 0 Å². The average molecular weight is 190 g/mol. The van der Waals surface area contributed by atoms with Crippen LogP contribution in [0.25, 0.3) is 10.9 Å². The van der Waals surface area contributed by atoms with Crippen LogP contribution in [0.5, 0.6) is 0 Å². The molecule has 0 amide bonds. The van der Waals surface area contributed by atoms with Gasteiger partial charge < -0.3 is 4.57 Å². The molecule has 0 aliphatic carbocycles. The lowest BCUT2D eigenvalue weighted by Gasteiger charge is -2.06. The Labute approximate surface area is 81.0 Å². The van der Waals surface area contributed by atoms with Crippen molar-refractivity contribution in [3.8, 4) is 0 Å². The molecule has 0 saturated carbocycles. The van der Waals surface area contributed by atoms with Crippen molar-refractivity contribution in [1.29, 1.82) is 0 Å². The van der Waals surface area contributed by atoms with Crippen LogP contribution in [0, 0.1) is 0 Å². The molecule has 1 aliphatic rings. The minimum absolute atomic E-state index is 0.00389. The van der Waals surface area contributed by atoms with Crippen molar-refractivity contribution in [2.24, 2.45) is 0 Å². The quantitative estimate of drug-likeness (QED) is 0.644. The van der Waals surface area contributed by atoms with E-state index >= 15 is 0 Å². The van der Waals surface area contributed by atoms with Crippen molar-refractivity contribution in [3.63, 3.8) is 0 Å². The van der Waals surface area contributed by atoms with E-state index in [2.05, 4.69) is 4.98 Å². The van der Waals surface area contributed by atoms with Crippen molar-refractivity contribution in [2.45, 2.75) is 12.6 Å². The van der Waals surface area contributed by atoms with Crippen molar-refractivity contribution in [1.82, 2.24) is 9.55 Å². The summed E-state index contributed by atoms with van der Waals surface area (Å²) in [4.78, 5) is 14.2.